The van der Waals surface area contributed by atoms with Gasteiger partial charge in [-0.3, -0.25) is 4.79 Å². The molecule has 3 nitrogen and oxygen atoms in total. The Labute approximate surface area is 85.6 Å². The second-order valence-corrected chi connectivity index (χ2v) is 5.33. The van der Waals surface area contributed by atoms with Gasteiger partial charge < -0.3 is 10.6 Å². The van der Waals surface area contributed by atoms with Crippen molar-refractivity contribution in [2.75, 3.05) is 13.1 Å². The van der Waals surface area contributed by atoms with Gasteiger partial charge in [0.25, 0.3) is 0 Å². The van der Waals surface area contributed by atoms with Gasteiger partial charge in [0.2, 0.25) is 5.91 Å². The van der Waals surface area contributed by atoms with Gasteiger partial charge in [-0.25, -0.2) is 0 Å². The molecule has 3 heteroatoms. The largest absolute Gasteiger partial charge is 0.350 e. The molecule has 80 valence electrons. The third-order valence-electron chi connectivity index (χ3n) is 3.67. The second-order valence-electron chi connectivity index (χ2n) is 5.33. The number of carbonyl (C=O) groups is 1. The summed E-state index contributed by atoms with van der Waals surface area (Å²) in [5.74, 6) is 0.266. The Morgan fingerprint density at radius 1 is 1.14 bits per heavy atom. The van der Waals surface area contributed by atoms with E-state index in [1.807, 2.05) is 0 Å². The maximum atomic E-state index is 11.9. The molecule has 2 N–H and O–H groups in total. The maximum absolute atomic E-state index is 11.9. The highest BCUT2D eigenvalue weighted by Crippen LogP contribution is 2.45. The molecule has 1 heterocycles. The minimum Gasteiger partial charge on any atom is -0.350 e. The van der Waals surface area contributed by atoms with Crippen LogP contribution < -0.4 is 10.6 Å². The van der Waals surface area contributed by atoms with E-state index in [4.69, 9.17) is 0 Å². The molecule has 2 aliphatic rings. The van der Waals surface area contributed by atoms with Gasteiger partial charge >= 0.3 is 0 Å². The van der Waals surface area contributed by atoms with Gasteiger partial charge in [0.15, 0.2) is 0 Å². The van der Waals surface area contributed by atoms with E-state index in [1.165, 1.54) is 0 Å². The van der Waals surface area contributed by atoms with E-state index in [2.05, 4.69) is 24.5 Å². The highest BCUT2D eigenvalue weighted by molar-refractivity contribution is 5.85. The molecule has 0 spiro atoms. The lowest BCUT2D eigenvalue weighted by Crippen LogP contribution is -2.53. The fraction of sp³-hybridized carbons (Fsp3) is 0.909. The number of amides is 1. The average molecular weight is 196 g/mol. The molecule has 0 aromatic heterocycles. The lowest BCUT2D eigenvalue weighted by atomic mass is 9.89. The minimum absolute atomic E-state index is 0.0338. The molecule has 0 bridgehead atoms. The highest BCUT2D eigenvalue weighted by atomic mass is 16.2. The van der Waals surface area contributed by atoms with Gasteiger partial charge in [-0.05, 0) is 45.7 Å². The fourth-order valence-electron chi connectivity index (χ4n) is 1.94. The van der Waals surface area contributed by atoms with Crippen LogP contribution >= 0.6 is 0 Å². The molecule has 0 aromatic rings. The summed E-state index contributed by atoms with van der Waals surface area (Å²) < 4.78 is 0. The van der Waals surface area contributed by atoms with Crippen LogP contribution in [0.3, 0.4) is 0 Å². The summed E-state index contributed by atoms with van der Waals surface area (Å²) in [6.45, 7) is 6.27. The van der Waals surface area contributed by atoms with Crippen molar-refractivity contribution in [3.8, 4) is 0 Å². The summed E-state index contributed by atoms with van der Waals surface area (Å²) in [6, 6.07) is 0. The van der Waals surface area contributed by atoms with Crippen molar-refractivity contribution in [3.63, 3.8) is 0 Å². The average Bonchev–Trinajstić information content (AvgIpc) is 2.85. The molecule has 1 aliphatic carbocycles. The number of hydrogen-bond donors (Lipinski definition) is 2. The summed E-state index contributed by atoms with van der Waals surface area (Å²) in [4.78, 5) is 11.9. The Hall–Kier alpha value is -0.570. The van der Waals surface area contributed by atoms with Crippen molar-refractivity contribution in [1.82, 2.24) is 10.6 Å². The van der Waals surface area contributed by atoms with Crippen LogP contribution in [-0.2, 0) is 4.79 Å². The molecule has 1 saturated heterocycles. The standard InChI is InChI=1S/C11H20N2O/c1-10(3-4-10)9(14)13-11(2)5-7-12-8-6-11/h12H,3-8H2,1-2H3,(H,13,14). The topological polar surface area (TPSA) is 41.1 Å². The quantitative estimate of drug-likeness (QED) is 0.693. The first kappa shape index (κ1) is 9.97. The predicted octanol–water partition coefficient (Wildman–Crippen LogP) is 1.04. The molecular weight excluding hydrogens is 176 g/mol. The monoisotopic (exact) mass is 196 g/mol. The van der Waals surface area contributed by atoms with E-state index >= 15 is 0 Å². The van der Waals surface area contributed by atoms with Crippen LogP contribution in [0.2, 0.25) is 0 Å². The van der Waals surface area contributed by atoms with E-state index in [9.17, 15) is 4.79 Å². The molecule has 0 unspecified atom stereocenters. The number of piperidine rings is 1. The van der Waals surface area contributed by atoms with Crippen LogP contribution in [0.15, 0.2) is 0 Å². The van der Waals surface area contributed by atoms with Gasteiger partial charge in [-0.2, -0.15) is 0 Å². The lowest BCUT2D eigenvalue weighted by molar-refractivity contribution is -0.127. The summed E-state index contributed by atoms with van der Waals surface area (Å²) in [7, 11) is 0. The SMILES string of the molecule is CC1(NC(=O)C2(C)CC2)CCNCC1. The predicted molar refractivity (Wildman–Crippen MR) is 56.0 cm³/mol. The smallest absolute Gasteiger partial charge is 0.226 e. The van der Waals surface area contributed by atoms with Crippen LogP contribution in [0.5, 0.6) is 0 Å². The van der Waals surface area contributed by atoms with E-state index in [1.54, 1.807) is 0 Å². The van der Waals surface area contributed by atoms with Gasteiger partial charge in [0, 0.05) is 11.0 Å². The third kappa shape index (κ3) is 1.92. The number of rotatable bonds is 2. The van der Waals surface area contributed by atoms with Crippen LogP contribution in [0.1, 0.15) is 39.5 Å². The highest BCUT2D eigenvalue weighted by Gasteiger charge is 2.46. The summed E-state index contributed by atoms with van der Waals surface area (Å²) in [6.07, 6.45) is 4.23. The Balaban J connectivity index is 1.91. The zero-order valence-corrected chi connectivity index (χ0v) is 9.15. The van der Waals surface area contributed by atoms with Gasteiger partial charge in [-0.15, -0.1) is 0 Å². The molecule has 1 aliphatic heterocycles. The summed E-state index contributed by atoms with van der Waals surface area (Å²) in [5.41, 5.74) is 0.00180. The molecule has 1 saturated carbocycles. The second kappa shape index (κ2) is 3.23. The Morgan fingerprint density at radius 3 is 2.21 bits per heavy atom. The lowest BCUT2D eigenvalue weighted by Gasteiger charge is -2.35. The third-order valence-corrected chi connectivity index (χ3v) is 3.67. The first-order chi connectivity index (χ1) is 6.54. The van der Waals surface area contributed by atoms with Gasteiger partial charge in [0.05, 0.1) is 0 Å². The number of carbonyl (C=O) groups excluding carboxylic acids is 1. The van der Waals surface area contributed by atoms with Gasteiger partial charge in [0.1, 0.15) is 0 Å². The van der Waals surface area contributed by atoms with Crippen LogP contribution in [0.25, 0.3) is 0 Å². The van der Waals surface area contributed by atoms with Crippen molar-refractivity contribution in [1.29, 1.82) is 0 Å². The molecule has 2 fully saturated rings. The first-order valence-electron chi connectivity index (χ1n) is 5.58. The number of hydrogen-bond acceptors (Lipinski definition) is 2. The fourth-order valence-corrected chi connectivity index (χ4v) is 1.94. The first-order valence-corrected chi connectivity index (χ1v) is 5.58. The van der Waals surface area contributed by atoms with Crippen molar-refractivity contribution in [2.45, 2.75) is 45.1 Å². The normalized spacial score (nSPS) is 28.1. The molecule has 2 rings (SSSR count). The van der Waals surface area contributed by atoms with Crippen molar-refractivity contribution < 1.29 is 4.79 Å². The molecule has 0 radical (unpaired) electrons. The molecular formula is C11H20N2O. The number of nitrogens with one attached hydrogen (secondary N) is 2. The molecule has 0 atom stereocenters. The maximum Gasteiger partial charge on any atom is 0.226 e. The van der Waals surface area contributed by atoms with Crippen molar-refractivity contribution >= 4 is 5.91 Å². The van der Waals surface area contributed by atoms with Crippen molar-refractivity contribution in [3.05, 3.63) is 0 Å². The Bertz CT molecular complexity index is 240. The minimum atomic E-state index is -0.0338. The molecule has 1 amide bonds. The Morgan fingerprint density at radius 2 is 1.71 bits per heavy atom. The molecule has 0 aromatic carbocycles. The van der Waals surface area contributed by atoms with Crippen molar-refractivity contribution in [2.24, 2.45) is 5.41 Å². The van der Waals surface area contributed by atoms with E-state index in [0.717, 1.165) is 38.8 Å². The zero-order chi connectivity index (χ0) is 10.2. The van der Waals surface area contributed by atoms with Gasteiger partial charge in [-0.1, -0.05) is 6.92 Å². The van der Waals surface area contributed by atoms with E-state index in [0.29, 0.717) is 0 Å². The molecule has 14 heavy (non-hydrogen) atoms. The summed E-state index contributed by atoms with van der Waals surface area (Å²) in [5, 5.41) is 6.53. The summed E-state index contributed by atoms with van der Waals surface area (Å²) >= 11 is 0. The van der Waals surface area contributed by atoms with Crippen LogP contribution in [0, 0.1) is 5.41 Å². The zero-order valence-electron chi connectivity index (χ0n) is 9.15. The van der Waals surface area contributed by atoms with E-state index in [-0.39, 0.29) is 16.9 Å². The van der Waals surface area contributed by atoms with Crippen LogP contribution in [0.4, 0.5) is 0 Å². The van der Waals surface area contributed by atoms with E-state index < -0.39 is 0 Å². The van der Waals surface area contributed by atoms with Crippen LogP contribution in [-0.4, -0.2) is 24.5 Å². The Kier molecular flexibility index (Phi) is 2.30.